The normalized spacial score (nSPS) is 22.2. The van der Waals surface area contributed by atoms with Crippen LogP contribution in [0.4, 0.5) is 4.79 Å². The molecule has 48 heavy (non-hydrogen) atoms. The van der Waals surface area contributed by atoms with Gasteiger partial charge in [0.2, 0.25) is 5.91 Å². The highest BCUT2D eigenvalue weighted by atomic mass is 79.9. The summed E-state index contributed by atoms with van der Waals surface area (Å²) >= 11 is 3.30. The van der Waals surface area contributed by atoms with Gasteiger partial charge in [-0.2, -0.15) is 0 Å². The molecule has 0 unspecified atom stereocenters. The third-order valence-electron chi connectivity index (χ3n) is 8.38. The molecule has 1 saturated heterocycles. The van der Waals surface area contributed by atoms with Crippen molar-refractivity contribution < 1.29 is 43.5 Å². The number of aliphatic hydroxyl groups excluding tert-OH is 1. The van der Waals surface area contributed by atoms with E-state index in [-0.39, 0.29) is 43.8 Å². The summed E-state index contributed by atoms with van der Waals surface area (Å²) in [6.45, 7) is 0.501. The maximum absolute atomic E-state index is 14.3. The number of ketones is 1. The summed E-state index contributed by atoms with van der Waals surface area (Å²) in [7, 11) is 0. The predicted molar refractivity (Wildman–Crippen MR) is 180 cm³/mol. The molecule has 2 heterocycles. The summed E-state index contributed by atoms with van der Waals surface area (Å²) in [6.07, 6.45) is -0.595. The molecule has 10 nitrogen and oxygen atoms in total. The van der Waals surface area contributed by atoms with Gasteiger partial charge in [0, 0.05) is 13.0 Å². The summed E-state index contributed by atoms with van der Waals surface area (Å²) in [6, 6.07) is 27.7. The molecule has 3 aromatic rings. The Bertz CT molecular complexity index is 1540. The minimum atomic E-state index is -1.92. The Balaban J connectivity index is 1.25. The molecule has 0 aliphatic carbocycles. The Hall–Kier alpha value is -3.71. The molecule has 2 amide bonds. The molecular weight excluding hydrogens is 682 g/mol. The van der Waals surface area contributed by atoms with E-state index in [1.807, 2.05) is 91.0 Å². The molecule has 3 aromatic carbocycles. The number of benzene rings is 3. The van der Waals surface area contributed by atoms with E-state index < -0.39 is 47.7 Å². The average molecular weight is 723 g/mol. The summed E-state index contributed by atoms with van der Waals surface area (Å²) in [4.78, 5) is 41.8. The monoisotopic (exact) mass is 721 g/mol. The number of carbonyl (C=O) groups is 3. The van der Waals surface area contributed by atoms with Crippen LogP contribution in [0.25, 0.3) is 0 Å². The second-order valence-corrected chi connectivity index (χ2v) is 12.8. The number of hydrogen-bond donors (Lipinski definition) is 2. The van der Waals surface area contributed by atoms with E-state index in [2.05, 4.69) is 15.9 Å². The lowest BCUT2D eigenvalue weighted by Crippen LogP contribution is -2.53. The van der Waals surface area contributed by atoms with Crippen molar-refractivity contribution in [2.75, 3.05) is 26.4 Å². The maximum Gasteiger partial charge on any atom is 0.416 e. The fourth-order valence-electron chi connectivity index (χ4n) is 5.81. The van der Waals surface area contributed by atoms with E-state index in [0.717, 1.165) is 21.6 Å². The van der Waals surface area contributed by atoms with Crippen LogP contribution in [-0.4, -0.2) is 83.4 Å². The molecule has 254 valence electrons. The largest absolute Gasteiger partial charge is 0.447 e. The van der Waals surface area contributed by atoms with E-state index in [0.29, 0.717) is 19.4 Å². The SMILES string of the molecule is O=C1C=C(Br)[C@](O)(CCCOC[C@@H](CO)OCc2ccccc2)O[C@@H]1[C@@H](Cc1ccccc1)C(=O)N1C(=O)OC[C@H]1Cc1ccccc1. The van der Waals surface area contributed by atoms with Gasteiger partial charge in [-0.05, 0) is 58.0 Å². The van der Waals surface area contributed by atoms with Gasteiger partial charge < -0.3 is 29.2 Å². The van der Waals surface area contributed by atoms with E-state index in [1.165, 1.54) is 6.08 Å². The average Bonchev–Trinajstić information content (AvgIpc) is 3.47. The van der Waals surface area contributed by atoms with Crippen LogP contribution in [0, 0.1) is 5.92 Å². The highest BCUT2D eigenvalue weighted by molar-refractivity contribution is 9.11. The van der Waals surface area contributed by atoms with E-state index >= 15 is 0 Å². The van der Waals surface area contributed by atoms with E-state index in [9.17, 15) is 24.6 Å². The number of carbonyl (C=O) groups excluding carboxylic acids is 3. The van der Waals surface area contributed by atoms with Crippen molar-refractivity contribution in [3.63, 3.8) is 0 Å². The van der Waals surface area contributed by atoms with Gasteiger partial charge in [-0.3, -0.25) is 9.59 Å². The number of ether oxygens (including phenoxy) is 4. The molecule has 0 saturated carbocycles. The summed E-state index contributed by atoms with van der Waals surface area (Å²) in [5.74, 6) is -4.17. The fraction of sp³-hybridized carbons (Fsp3) is 0.378. The van der Waals surface area contributed by atoms with Crippen LogP contribution < -0.4 is 0 Å². The van der Waals surface area contributed by atoms with Crippen LogP contribution in [0.3, 0.4) is 0 Å². The van der Waals surface area contributed by atoms with Crippen molar-refractivity contribution >= 4 is 33.7 Å². The van der Waals surface area contributed by atoms with E-state index in [4.69, 9.17) is 18.9 Å². The third-order valence-corrected chi connectivity index (χ3v) is 9.23. The van der Waals surface area contributed by atoms with Crippen LogP contribution in [0.15, 0.2) is 102 Å². The second-order valence-electron chi connectivity index (χ2n) is 11.9. The lowest BCUT2D eigenvalue weighted by molar-refractivity contribution is -0.219. The zero-order chi connectivity index (χ0) is 33.9. The van der Waals surface area contributed by atoms with Crippen LogP contribution in [0.5, 0.6) is 0 Å². The lowest BCUT2D eigenvalue weighted by Gasteiger charge is -2.38. The van der Waals surface area contributed by atoms with Crippen molar-refractivity contribution in [1.82, 2.24) is 4.90 Å². The predicted octanol–water partition coefficient (Wildman–Crippen LogP) is 4.75. The lowest BCUT2D eigenvalue weighted by atomic mass is 9.87. The minimum absolute atomic E-state index is 0.0286. The van der Waals surface area contributed by atoms with Crippen molar-refractivity contribution in [1.29, 1.82) is 0 Å². The number of aliphatic hydroxyl groups is 2. The van der Waals surface area contributed by atoms with Gasteiger partial charge in [-0.25, -0.2) is 9.69 Å². The number of cyclic esters (lactones) is 1. The summed E-state index contributed by atoms with van der Waals surface area (Å²) in [5.41, 5.74) is 2.67. The van der Waals surface area contributed by atoms with Crippen LogP contribution in [-0.2, 0) is 48.0 Å². The van der Waals surface area contributed by atoms with Crippen LogP contribution >= 0.6 is 15.9 Å². The molecule has 2 N–H and O–H groups in total. The first-order valence-electron chi connectivity index (χ1n) is 16.0. The Morgan fingerprint density at radius 1 is 0.958 bits per heavy atom. The van der Waals surface area contributed by atoms with Crippen LogP contribution in [0.1, 0.15) is 29.5 Å². The number of halogens is 1. The van der Waals surface area contributed by atoms with Crippen molar-refractivity contribution in [3.05, 3.63) is 118 Å². The minimum Gasteiger partial charge on any atom is -0.447 e. The molecule has 11 heteroatoms. The fourth-order valence-corrected chi connectivity index (χ4v) is 6.33. The smallest absolute Gasteiger partial charge is 0.416 e. The van der Waals surface area contributed by atoms with Gasteiger partial charge in [-0.15, -0.1) is 0 Å². The summed E-state index contributed by atoms with van der Waals surface area (Å²) < 4.78 is 23.0. The van der Waals surface area contributed by atoms with Gasteiger partial charge in [-0.1, -0.05) is 91.0 Å². The number of imide groups is 1. The second kappa shape index (κ2) is 17.1. The number of rotatable bonds is 16. The molecule has 0 bridgehead atoms. The molecule has 0 aromatic heterocycles. The Morgan fingerprint density at radius 3 is 2.23 bits per heavy atom. The molecule has 1 fully saturated rings. The highest BCUT2D eigenvalue weighted by Gasteiger charge is 2.49. The molecule has 2 aliphatic heterocycles. The molecule has 2 aliphatic rings. The topological polar surface area (TPSA) is 132 Å². The number of nitrogens with zero attached hydrogens (tertiary/aromatic N) is 1. The standard InChI is InChI=1S/C37H40BrNO9/c38-33-21-32(41)34(48-37(33,44)17-10-18-45-25-30(22-40)46-23-28-15-8-3-9-16-28)31(20-27-13-6-2-7-14-27)35(42)39-29(24-47-36(39)43)19-26-11-4-1-5-12-26/h1-9,11-16,21,29-31,34,40,44H,10,17-20,22-25H2/t29-,30-,31-,34-,37+/m1/s1. The first-order valence-corrected chi connectivity index (χ1v) is 16.8. The van der Waals surface area contributed by atoms with Gasteiger partial charge in [0.15, 0.2) is 11.6 Å². The van der Waals surface area contributed by atoms with Crippen molar-refractivity contribution in [2.45, 2.75) is 56.3 Å². The Morgan fingerprint density at radius 2 is 1.58 bits per heavy atom. The molecule has 0 spiro atoms. The van der Waals surface area contributed by atoms with E-state index in [1.54, 1.807) is 0 Å². The molecular formula is C37H40BrNO9. The third kappa shape index (κ3) is 9.25. The quantitative estimate of drug-likeness (QED) is 0.201. The summed E-state index contributed by atoms with van der Waals surface area (Å²) in [5, 5.41) is 21.3. The van der Waals surface area contributed by atoms with Gasteiger partial charge >= 0.3 is 6.09 Å². The first-order chi connectivity index (χ1) is 23.3. The number of hydrogen-bond acceptors (Lipinski definition) is 9. The zero-order valence-electron chi connectivity index (χ0n) is 26.5. The van der Waals surface area contributed by atoms with Gasteiger partial charge in [0.05, 0.1) is 36.3 Å². The van der Waals surface area contributed by atoms with Crippen molar-refractivity contribution in [2.24, 2.45) is 5.92 Å². The number of amides is 2. The van der Waals surface area contributed by atoms with Crippen molar-refractivity contribution in [3.8, 4) is 0 Å². The maximum atomic E-state index is 14.3. The molecule has 0 radical (unpaired) electrons. The Kier molecular flexibility index (Phi) is 12.7. The Labute approximate surface area is 288 Å². The highest BCUT2D eigenvalue weighted by Crippen LogP contribution is 2.38. The molecule has 5 atom stereocenters. The van der Waals surface area contributed by atoms with Gasteiger partial charge in [0.1, 0.15) is 18.8 Å². The van der Waals surface area contributed by atoms with Gasteiger partial charge in [0.25, 0.3) is 0 Å². The first kappa shape index (κ1) is 35.6. The zero-order valence-corrected chi connectivity index (χ0v) is 28.1. The molecule has 5 rings (SSSR count). The van der Waals surface area contributed by atoms with Crippen LogP contribution in [0.2, 0.25) is 0 Å².